The molecule has 0 aliphatic heterocycles. The van der Waals surface area contributed by atoms with Crippen LogP contribution in [0.2, 0.25) is 0 Å². The molecule has 3 aromatic rings. The van der Waals surface area contributed by atoms with Crippen LogP contribution in [0.15, 0.2) is 60.7 Å². The standard InChI is InChI=1S/C20H19FN4O2/c1-2-27-16-9-7-15(8-10-16)22-18-11-12-19(25-24-18)23-20(26)13-14-5-3-4-6-17(14)21/h3-12H,2,13H2,1H3,(H,22,24)(H,23,25,26). The third kappa shape index (κ3) is 5.24. The van der Waals surface area contributed by atoms with Crippen molar-refractivity contribution in [3.8, 4) is 5.75 Å². The summed E-state index contributed by atoms with van der Waals surface area (Å²) < 4.78 is 19.0. The molecule has 6 nitrogen and oxygen atoms in total. The van der Waals surface area contributed by atoms with Crippen molar-refractivity contribution in [1.82, 2.24) is 10.2 Å². The summed E-state index contributed by atoms with van der Waals surface area (Å²) in [4.78, 5) is 12.0. The molecule has 0 unspecified atom stereocenters. The van der Waals surface area contributed by atoms with Gasteiger partial charge in [0.1, 0.15) is 11.6 Å². The van der Waals surface area contributed by atoms with Crippen molar-refractivity contribution in [3.05, 3.63) is 72.0 Å². The number of nitrogens with zero attached hydrogens (tertiary/aromatic N) is 2. The van der Waals surface area contributed by atoms with Crippen molar-refractivity contribution in [3.63, 3.8) is 0 Å². The van der Waals surface area contributed by atoms with Gasteiger partial charge in [-0.15, -0.1) is 10.2 Å². The van der Waals surface area contributed by atoms with Gasteiger partial charge in [0, 0.05) is 5.69 Å². The maximum Gasteiger partial charge on any atom is 0.230 e. The Morgan fingerprint density at radius 1 is 1.00 bits per heavy atom. The summed E-state index contributed by atoms with van der Waals surface area (Å²) in [5.41, 5.74) is 1.17. The Kier molecular flexibility index (Phi) is 5.94. The Bertz CT molecular complexity index is 899. The fourth-order valence-electron chi connectivity index (χ4n) is 2.42. The molecule has 2 aromatic carbocycles. The highest BCUT2D eigenvalue weighted by Crippen LogP contribution is 2.19. The van der Waals surface area contributed by atoms with Gasteiger partial charge in [0.2, 0.25) is 5.91 Å². The zero-order valence-corrected chi connectivity index (χ0v) is 14.8. The minimum atomic E-state index is -0.409. The number of hydrogen-bond donors (Lipinski definition) is 2. The lowest BCUT2D eigenvalue weighted by Crippen LogP contribution is -2.16. The van der Waals surface area contributed by atoms with Crippen LogP contribution in [0.25, 0.3) is 0 Å². The van der Waals surface area contributed by atoms with E-state index in [-0.39, 0.29) is 12.3 Å². The van der Waals surface area contributed by atoms with Crippen LogP contribution in [0, 0.1) is 5.82 Å². The second kappa shape index (κ2) is 8.75. The molecule has 0 radical (unpaired) electrons. The Balaban J connectivity index is 1.56. The third-order valence-electron chi connectivity index (χ3n) is 3.68. The van der Waals surface area contributed by atoms with Gasteiger partial charge in [-0.1, -0.05) is 18.2 Å². The maximum absolute atomic E-state index is 13.6. The highest BCUT2D eigenvalue weighted by Gasteiger charge is 2.09. The SMILES string of the molecule is CCOc1ccc(Nc2ccc(NC(=O)Cc3ccccc3F)nn2)cc1. The lowest BCUT2D eigenvalue weighted by atomic mass is 10.1. The third-order valence-corrected chi connectivity index (χ3v) is 3.68. The van der Waals surface area contributed by atoms with E-state index in [9.17, 15) is 9.18 Å². The summed E-state index contributed by atoms with van der Waals surface area (Å²) in [5.74, 6) is 0.858. The number of anilines is 3. The lowest BCUT2D eigenvalue weighted by Gasteiger charge is -2.08. The van der Waals surface area contributed by atoms with Crippen LogP contribution < -0.4 is 15.4 Å². The predicted octanol–water partition coefficient (Wildman–Crippen LogP) is 3.94. The first-order chi connectivity index (χ1) is 13.1. The van der Waals surface area contributed by atoms with E-state index in [1.165, 1.54) is 6.07 Å². The molecule has 0 aliphatic carbocycles. The molecular formula is C20H19FN4O2. The van der Waals surface area contributed by atoms with Crippen molar-refractivity contribution in [2.75, 3.05) is 17.2 Å². The molecule has 0 atom stereocenters. The number of hydrogen-bond acceptors (Lipinski definition) is 5. The van der Waals surface area contributed by atoms with E-state index >= 15 is 0 Å². The van der Waals surface area contributed by atoms with Gasteiger partial charge >= 0.3 is 0 Å². The number of aromatic nitrogens is 2. The zero-order chi connectivity index (χ0) is 19.1. The average molecular weight is 366 g/mol. The zero-order valence-electron chi connectivity index (χ0n) is 14.8. The van der Waals surface area contributed by atoms with Crippen LogP contribution in [0.3, 0.4) is 0 Å². The first-order valence-electron chi connectivity index (χ1n) is 8.51. The largest absolute Gasteiger partial charge is 0.494 e. The number of rotatable bonds is 7. The van der Waals surface area contributed by atoms with Crippen LogP contribution in [-0.2, 0) is 11.2 Å². The monoisotopic (exact) mass is 366 g/mol. The summed E-state index contributed by atoms with van der Waals surface area (Å²) in [6, 6.07) is 16.9. The first kappa shape index (κ1) is 18.3. The maximum atomic E-state index is 13.6. The molecule has 3 rings (SSSR count). The fraction of sp³-hybridized carbons (Fsp3) is 0.150. The Morgan fingerprint density at radius 2 is 1.70 bits per heavy atom. The van der Waals surface area contributed by atoms with Crippen molar-refractivity contribution in [2.45, 2.75) is 13.3 Å². The topological polar surface area (TPSA) is 76.1 Å². The molecule has 0 aliphatic rings. The molecule has 27 heavy (non-hydrogen) atoms. The van der Waals surface area contributed by atoms with Gasteiger partial charge < -0.3 is 15.4 Å². The first-order valence-corrected chi connectivity index (χ1v) is 8.51. The van der Waals surface area contributed by atoms with Crippen molar-refractivity contribution in [1.29, 1.82) is 0 Å². The normalized spacial score (nSPS) is 10.3. The molecule has 7 heteroatoms. The second-order valence-electron chi connectivity index (χ2n) is 5.70. The van der Waals surface area contributed by atoms with E-state index in [0.717, 1.165) is 11.4 Å². The summed E-state index contributed by atoms with van der Waals surface area (Å²) in [6.07, 6.45) is -0.0689. The van der Waals surface area contributed by atoms with Crippen molar-refractivity contribution in [2.24, 2.45) is 0 Å². The van der Waals surface area contributed by atoms with Gasteiger partial charge in [-0.3, -0.25) is 4.79 Å². The molecule has 1 aromatic heterocycles. The van der Waals surface area contributed by atoms with Gasteiger partial charge in [0.15, 0.2) is 11.6 Å². The van der Waals surface area contributed by atoms with E-state index in [1.54, 1.807) is 30.3 Å². The van der Waals surface area contributed by atoms with Crippen LogP contribution in [0.5, 0.6) is 5.75 Å². The summed E-state index contributed by atoms with van der Waals surface area (Å²) in [5, 5.41) is 13.7. The molecule has 0 bridgehead atoms. The number of amides is 1. The fourth-order valence-corrected chi connectivity index (χ4v) is 2.42. The number of ether oxygens (including phenoxy) is 1. The van der Waals surface area contributed by atoms with Crippen LogP contribution in [0.1, 0.15) is 12.5 Å². The van der Waals surface area contributed by atoms with Crippen LogP contribution in [0.4, 0.5) is 21.7 Å². The number of nitrogens with one attached hydrogen (secondary N) is 2. The van der Waals surface area contributed by atoms with Crippen LogP contribution >= 0.6 is 0 Å². The average Bonchev–Trinajstić information content (AvgIpc) is 2.67. The second-order valence-corrected chi connectivity index (χ2v) is 5.70. The van der Waals surface area contributed by atoms with Gasteiger partial charge in [0.25, 0.3) is 0 Å². The summed E-state index contributed by atoms with van der Waals surface area (Å²) >= 11 is 0. The van der Waals surface area contributed by atoms with Gasteiger partial charge in [-0.05, 0) is 55.0 Å². The van der Waals surface area contributed by atoms with E-state index < -0.39 is 5.82 Å². The van der Waals surface area contributed by atoms with E-state index in [0.29, 0.717) is 23.8 Å². The smallest absolute Gasteiger partial charge is 0.230 e. The number of benzene rings is 2. The van der Waals surface area contributed by atoms with Gasteiger partial charge in [0.05, 0.1) is 13.0 Å². The summed E-state index contributed by atoms with van der Waals surface area (Å²) in [7, 11) is 0. The van der Waals surface area contributed by atoms with Gasteiger partial charge in [-0.2, -0.15) is 0 Å². The summed E-state index contributed by atoms with van der Waals surface area (Å²) in [6.45, 7) is 2.54. The van der Waals surface area contributed by atoms with E-state index in [2.05, 4.69) is 20.8 Å². The number of carbonyl (C=O) groups excluding carboxylic acids is 1. The molecule has 0 fully saturated rings. The molecule has 138 valence electrons. The van der Waals surface area contributed by atoms with Crippen molar-refractivity contribution < 1.29 is 13.9 Å². The van der Waals surface area contributed by atoms with Gasteiger partial charge in [-0.25, -0.2) is 4.39 Å². The minimum absolute atomic E-state index is 0.0689. The van der Waals surface area contributed by atoms with E-state index in [1.807, 2.05) is 31.2 Å². The molecule has 2 N–H and O–H groups in total. The highest BCUT2D eigenvalue weighted by molar-refractivity contribution is 5.91. The molecule has 0 saturated heterocycles. The minimum Gasteiger partial charge on any atom is -0.494 e. The van der Waals surface area contributed by atoms with Crippen molar-refractivity contribution >= 4 is 23.2 Å². The van der Waals surface area contributed by atoms with Crippen LogP contribution in [-0.4, -0.2) is 22.7 Å². The molecule has 1 heterocycles. The Hall–Kier alpha value is -3.48. The quantitative estimate of drug-likeness (QED) is 0.662. The predicted molar refractivity (Wildman–Crippen MR) is 102 cm³/mol. The molecular weight excluding hydrogens is 347 g/mol. The highest BCUT2D eigenvalue weighted by atomic mass is 19.1. The molecule has 1 amide bonds. The molecule has 0 spiro atoms. The lowest BCUT2D eigenvalue weighted by molar-refractivity contribution is -0.115. The number of halogens is 1. The molecule has 0 saturated carbocycles. The number of carbonyl (C=O) groups is 1. The van der Waals surface area contributed by atoms with E-state index in [4.69, 9.17) is 4.74 Å². The Morgan fingerprint density at radius 3 is 2.37 bits per heavy atom. The Labute approximate surface area is 156 Å².